The maximum Gasteiger partial charge on any atom is 0.418 e. The molecule has 0 saturated carbocycles. The van der Waals surface area contributed by atoms with E-state index in [1.54, 1.807) is 0 Å². The highest BCUT2D eigenvalue weighted by Crippen LogP contribution is 2.36. The highest BCUT2D eigenvalue weighted by atomic mass is 35.5. The van der Waals surface area contributed by atoms with Crippen LogP contribution in [-0.4, -0.2) is 12.5 Å². The highest BCUT2D eigenvalue weighted by Gasteiger charge is 2.34. The molecule has 92 valence electrons. The molecule has 0 radical (unpaired) electrons. The largest absolute Gasteiger partial charge is 0.418 e. The van der Waals surface area contributed by atoms with Crippen LogP contribution in [0.2, 0.25) is 5.02 Å². The minimum absolute atomic E-state index is 0.108. The fraction of sp³-hybridized carbons (Fsp3) is 0.222. The van der Waals surface area contributed by atoms with Crippen molar-refractivity contribution in [1.29, 1.82) is 0 Å². The summed E-state index contributed by atoms with van der Waals surface area (Å²) >= 11 is 5.44. The summed E-state index contributed by atoms with van der Waals surface area (Å²) in [6, 6.07) is 2.89. The number of alkyl halides is 3. The predicted octanol–water partition coefficient (Wildman–Crippen LogP) is 3.06. The maximum absolute atomic E-state index is 12.6. The second kappa shape index (κ2) is 5.13. The normalized spacial score (nSPS) is 11.1. The monoisotopic (exact) mass is 266 g/mol. The van der Waals surface area contributed by atoms with E-state index in [4.69, 9.17) is 11.6 Å². The summed E-state index contributed by atoms with van der Waals surface area (Å²) in [5.74, 6) is -0.923. The fourth-order valence-electron chi connectivity index (χ4n) is 1.11. The van der Waals surface area contributed by atoms with E-state index in [9.17, 15) is 22.9 Å². The first kappa shape index (κ1) is 13.4. The van der Waals surface area contributed by atoms with Crippen molar-refractivity contribution >= 4 is 23.2 Å². The summed E-state index contributed by atoms with van der Waals surface area (Å²) in [5.41, 5.74) is -1.54. The third-order valence-corrected chi connectivity index (χ3v) is 2.00. The zero-order valence-corrected chi connectivity index (χ0v) is 8.97. The third-order valence-electron chi connectivity index (χ3n) is 1.77. The molecule has 1 aromatic rings. The lowest BCUT2D eigenvalue weighted by molar-refractivity contribution is -0.137. The number of hydrogen-bond acceptors (Lipinski definition) is 3. The number of nitroso groups, excluding NO2 is 1. The van der Waals surface area contributed by atoms with Gasteiger partial charge in [0, 0.05) is 5.02 Å². The van der Waals surface area contributed by atoms with Gasteiger partial charge in [-0.05, 0) is 18.2 Å². The Morgan fingerprint density at radius 2 is 2.06 bits per heavy atom. The standard InChI is InChI=1S/C9H6ClF3N2O2/c10-5-1-2-7(15-8(16)4-14-17)6(3-5)9(11,12)13/h1-3H,4H2,(H,15,16). The number of anilines is 1. The molecule has 1 rings (SSSR count). The number of rotatable bonds is 3. The van der Waals surface area contributed by atoms with Crippen LogP contribution in [0, 0.1) is 4.91 Å². The average molecular weight is 267 g/mol. The summed E-state index contributed by atoms with van der Waals surface area (Å²) < 4.78 is 37.7. The lowest BCUT2D eigenvalue weighted by atomic mass is 10.1. The van der Waals surface area contributed by atoms with Gasteiger partial charge in [-0.1, -0.05) is 16.8 Å². The molecule has 0 unspecified atom stereocenters. The second-order valence-corrected chi connectivity index (χ2v) is 3.46. The Balaban J connectivity index is 3.07. The first-order valence-corrected chi connectivity index (χ1v) is 4.68. The number of carbonyl (C=O) groups excluding carboxylic acids is 1. The van der Waals surface area contributed by atoms with Crippen LogP contribution >= 0.6 is 11.6 Å². The molecule has 0 aliphatic rings. The van der Waals surface area contributed by atoms with E-state index < -0.39 is 29.9 Å². The highest BCUT2D eigenvalue weighted by molar-refractivity contribution is 6.30. The Hall–Kier alpha value is -1.63. The van der Waals surface area contributed by atoms with Gasteiger partial charge in [-0.2, -0.15) is 18.1 Å². The minimum Gasteiger partial charge on any atom is -0.324 e. The first-order valence-electron chi connectivity index (χ1n) is 4.30. The molecule has 0 fully saturated rings. The van der Waals surface area contributed by atoms with Crippen LogP contribution in [0.25, 0.3) is 0 Å². The van der Waals surface area contributed by atoms with Crippen molar-refractivity contribution in [2.24, 2.45) is 5.18 Å². The van der Waals surface area contributed by atoms with Gasteiger partial charge >= 0.3 is 6.18 Å². The summed E-state index contributed by atoms with van der Waals surface area (Å²) in [4.78, 5) is 20.8. The molecule has 1 amide bonds. The Bertz CT molecular complexity index is 448. The summed E-state index contributed by atoms with van der Waals surface area (Å²) in [6.45, 7) is -0.750. The second-order valence-electron chi connectivity index (χ2n) is 3.02. The van der Waals surface area contributed by atoms with Crippen molar-refractivity contribution in [3.05, 3.63) is 33.7 Å². The van der Waals surface area contributed by atoms with Gasteiger partial charge in [0.15, 0.2) is 6.54 Å². The number of benzene rings is 1. The van der Waals surface area contributed by atoms with Gasteiger partial charge in [-0.25, -0.2) is 0 Å². The molecule has 0 bridgehead atoms. The molecular weight excluding hydrogens is 261 g/mol. The Morgan fingerprint density at radius 1 is 1.41 bits per heavy atom. The van der Waals surface area contributed by atoms with Gasteiger partial charge in [0.25, 0.3) is 0 Å². The number of halogens is 4. The van der Waals surface area contributed by atoms with Crippen LogP contribution < -0.4 is 5.32 Å². The maximum atomic E-state index is 12.6. The van der Waals surface area contributed by atoms with E-state index in [0.717, 1.165) is 6.07 Å². The van der Waals surface area contributed by atoms with E-state index in [0.29, 0.717) is 6.07 Å². The molecule has 0 aromatic heterocycles. The van der Waals surface area contributed by atoms with Crippen LogP contribution in [0.1, 0.15) is 5.56 Å². The van der Waals surface area contributed by atoms with Gasteiger partial charge in [-0.3, -0.25) is 4.79 Å². The third kappa shape index (κ3) is 3.70. The minimum atomic E-state index is -4.65. The van der Waals surface area contributed by atoms with Gasteiger partial charge in [0.05, 0.1) is 11.3 Å². The Kier molecular flexibility index (Phi) is 4.06. The fourth-order valence-corrected chi connectivity index (χ4v) is 1.28. The van der Waals surface area contributed by atoms with Gasteiger partial charge < -0.3 is 5.32 Å². The molecule has 0 aliphatic carbocycles. The first-order chi connectivity index (χ1) is 7.84. The van der Waals surface area contributed by atoms with Gasteiger partial charge in [0.2, 0.25) is 5.91 Å². The molecule has 17 heavy (non-hydrogen) atoms. The molecule has 0 saturated heterocycles. The van der Waals surface area contributed by atoms with Crippen molar-refractivity contribution in [3.63, 3.8) is 0 Å². The van der Waals surface area contributed by atoms with E-state index in [1.165, 1.54) is 6.07 Å². The predicted molar refractivity (Wildman–Crippen MR) is 55.7 cm³/mol. The zero-order valence-electron chi connectivity index (χ0n) is 8.21. The number of carbonyl (C=O) groups is 1. The summed E-state index contributed by atoms with van der Waals surface area (Å²) in [5, 5.41) is 4.10. The van der Waals surface area contributed by atoms with Gasteiger partial charge in [0.1, 0.15) is 0 Å². The lowest BCUT2D eigenvalue weighted by Crippen LogP contribution is -2.18. The topological polar surface area (TPSA) is 58.5 Å². The van der Waals surface area contributed by atoms with E-state index >= 15 is 0 Å². The quantitative estimate of drug-likeness (QED) is 0.855. The van der Waals surface area contributed by atoms with Crippen molar-refractivity contribution < 1.29 is 18.0 Å². The molecule has 0 spiro atoms. The van der Waals surface area contributed by atoms with Crippen molar-refractivity contribution in [1.82, 2.24) is 0 Å². The SMILES string of the molecule is O=NCC(=O)Nc1ccc(Cl)cc1C(F)(F)F. The van der Waals surface area contributed by atoms with E-state index in [2.05, 4.69) is 5.18 Å². The lowest BCUT2D eigenvalue weighted by Gasteiger charge is -2.13. The van der Waals surface area contributed by atoms with Crippen molar-refractivity contribution in [2.75, 3.05) is 11.9 Å². The number of nitrogens with one attached hydrogen (secondary N) is 1. The molecule has 1 aromatic carbocycles. The number of hydrogen-bond donors (Lipinski definition) is 1. The number of nitrogens with zero attached hydrogens (tertiary/aromatic N) is 1. The van der Waals surface area contributed by atoms with Crippen LogP contribution in [0.3, 0.4) is 0 Å². The summed E-state index contributed by atoms with van der Waals surface area (Å²) in [7, 11) is 0. The van der Waals surface area contributed by atoms with E-state index in [1.807, 2.05) is 5.32 Å². The van der Waals surface area contributed by atoms with Gasteiger partial charge in [-0.15, -0.1) is 0 Å². The Labute approximate surface area is 98.7 Å². The van der Waals surface area contributed by atoms with Crippen LogP contribution in [0.4, 0.5) is 18.9 Å². The molecule has 1 N–H and O–H groups in total. The molecular formula is C9H6ClF3N2O2. The van der Waals surface area contributed by atoms with Crippen LogP contribution in [-0.2, 0) is 11.0 Å². The van der Waals surface area contributed by atoms with Crippen LogP contribution in [0.15, 0.2) is 23.4 Å². The molecule has 4 nitrogen and oxygen atoms in total. The average Bonchev–Trinajstić information content (AvgIpc) is 2.19. The smallest absolute Gasteiger partial charge is 0.324 e. The molecule has 0 aliphatic heterocycles. The van der Waals surface area contributed by atoms with Crippen molar-refractivity contribution in [2.45, 2.75) is 6.18 Å². The number of amides is 1. The van der Waals surface area contributed by atoms with E-state index in [-0.39, 0.29) is 5.02 Å². The van der Waals surface area contributed by atoms with Crippen LogP contribution in [0.5, 0.6) is 0 Å². The summed E-state index contributed by atoms with van der Waals surface area (Å²) in [6.07, 6.45) is -4.65. The Morgan fingerprint density at radius 3 is 2.59 bits per heavy atom. The zero-order chi connectivity index (χ0) is 13.1. The molecule has 0 heterocycles. The molecule has 8 heteroatoms. The molecule has 0 atom stereocenters. The van der Waals surface area contributed by atoms with Crippen molar-refractivity contribution in [3.8, 4) is 0 Å².